The molecule has 0 saturated heterocycles. The molecule has 0 aliphatic carbocycles. The molecule has 1 aromatic rings. The van der Waals surface area contributed by atoms with Crippen LogP contribution in [0.25, 0.3) is 6.08 Å². The largest absolute Gasteiger partial charge is 1.00 e. The molecule has 0 fully saturated rings. The maximum Gasteiger partial charge on any atom is 1.00 e. The van der Waals surface area contributed by atoms with E-state index in [4.69, 9.17) is 4.55 Å². The third-order valence-electron chi connectivity index (χ3n) is 1.73. The van der Waals surface area contributed by atoms with Gasteiger partial charge in [0.05, 0.1) is 0 Å². The van der Waals surface area contributed by atoms with Gasteiger partial charge in [-0.05, 0) is 17.2 Å². The number of hydrogen-bond donors (Lipinski definition) is 1. The Kier molecular flexibility index (Phi) is 7.43. The predicted molar refractivity (Wildman–Crippen MR) is 60.4 cm³/mol. The van der Waals surface area contributed by atoms with Crippen molar-refractivity contribution in [1.29, 1.82) is 0 Å². The van der Waals surface area contributed by atoms with Crippen LogP contribution < -0.4 is 51.4 Å². The zero-order valence-corrected chi connectivity index (χ0v) is 14.2. The molecule has 1 aromatic carbocycles. The molecule has 9 heteroatoms. The van der Waals surface area contributed by atoms with Gasteiger partial charge in [-0.15, -0.1) is 0 Å². The van der Waals surface area contributed by atoms with Crippen LogP contribution in [0.15, 0.2) is 29.7 Å². The first kappa shape index (κ1) is 18.4. The van der Waals surface area contributed by atoms with Gasteiger partial charge < -0.3 is 4.55 Å². The molecule has 0 heterocycles. The summed E-state index contributed by atoms with van der Waals surface area (Å²) < 4.78 is 60.9. The van der Waals surface area contributed by atoms with Gasteiger partial charge in [-0.3, -0.25) is 4.55 Å². The molecule has 0 aromatic heterocycles. The second-order valence-corrected chi connectivity index (χ2v) is 5.98. The molecule has 0 radical (unpaired) electrons. The summed E-state index contributed by atoms with van der Waals surface area (Å²) in [6.07, 6.45) is 1.05. The van der Waals surface area contributed by atoms with Crippen molar-refractivity contribution < 1.29 is 77.3 Å². The first-order chi connectivity index (χ1) is 7.66. The standard InChI is InChI=1S/C9H10O6S2.K/c10-16(11,12)5-4-8-2-1-3-9(6-8)7-17(13,14)15;/h1-6H,7H2,(H,10,11,12)(H,13,14,15);/q;+1/p-1. The van der Waals surface area contributed by atoms with E-state index in [0.29, 0.717) is 11.0 Å². The minimum Gasteiger partial charge on any atom is -0.744 e. The van der Waals surface area contributed by atoms with Crippen molar-refractivity contribution in [3.05, 3.63) is 40.8 Å². The van der Waals surface area contributed by atoms with Crippen LogP contribution in [-0.2, 0) is 26.0 Å². The van der Waals surface area contributed by atoms with E-state index in [-0.39, 0.29) is 56.9 Å². The van der Waals surface area contributed by atoms with Crippen molar-refractivity contribution in [2.75, 3.05) is 0 Å². The Bertz CT molecular complexity index is 633. The van der Waals surface area contributed by atoms with E-state index in [1.165, 1.54) is 24.3 Å². The quantitative estimate of drug-likeness (QED) is 0.489. The maximum absolute atomic E-state index is 10.6. The summed E-state index contributed by atoms with van der Waals surface area (Å²) in [5.41, 5.74) is 0.642. The summed E-state index contributed by atoms with van der Waals surface area (Å²) in [6.45, 7) is 0. The number of hydrogen-bond acceptors (Lipinski definition) is 5. The van der Waals surface area contributed by atoms with E-state index in [1.807, 2.05) is 0 Å². The normalized spacial score (nSPS) is 12.3. The number of rotatable bonds is 4. The molecule has 0 atom stereocenters. The van der Waals surface area contributed by atoms with Crippen molar-refractivity contribution >= 4 is 26.3 Å². The fourth-order valence-electron chi connectivity index (χ4n) is 1.16. The van der Waals surface area contributed by atoms with E-state index < -0.39 is 26.0 Å². The van der Waals surface area contributed by atoms with E-state index in [0.717, 1.165) is 6.08 Å². The Morgan fingerprint density at radius 1 is 1.22 bits per heavy atom. The molecule has 94 valence electrons. The molecular weight excluding hydrogens is 307 g/mol. The van der Waals surface area contributed by atoms with Crippen molar-refractivity contribution in [1.82, 2.24) is 0 Å². The molecule has 0 spiro atoms. The van der Waals surface area contributed by atoms with E-state index >= 15 is 0 Å². The van der Waals surface area contributed by atoms with Gasteiger partial charge in [0.25, 0.3) is 10.1 Å². The molecule has 0 unspecified atom stereocenters. The first-order valence-corrected chi connectivity index (χ1v) is 7.42. The monoisotopic (exact) mass is 316 g/mol. The molecule has 1 N–H and O–H groups in total. The van der Waals surface area contributed by atoms with Crippen LogP contribution in [0.3, 0.4) is 0 Å². The van der Waals surface area contributed by atoms with Gasteiger partial charge in [0.15, 0.2) is 0 Å². The second kappa shape index (κ2) is 7.27. The van der Waals surface area contributed by atoms with Crippen molar-refractivity contribution in [2.45, 2.75) is 5.75 Å². The van der Waals surface area contributed by atoms with Gasteiger partial charge in [-0.2, -0.15) is 8.42 Å². The number of benzene rings is 1. The van der Waals surface area contributed by atoms with Crippen LogP contribution in [0.5, 0.6) is 0 Å². The Labute approximate surface area is 148 Å². The smallest absolute Gasteiger partial charge is 0.744 e. The van der Waals surface area contributed by atoms with Crippen LogP contribution >= 0.6 is 0 Å². The molecule has 6 nitrogen and oxygen atoms in total. The first-order valence-electron chi connectivity index (χ1n) is 4.34. The minimum absolute atomic E-state index is 0. The Balaban J connectivity index is 0.00000289. The van der Waals surface area contributed by atoms with Gasteiger partial charge in [0.2, 0.25) is 0 Å². The topological polar surface area (TPSA) is 112 Å². The summed E-state index contributed by atoms with van der Waals surface area (Å²) >= 11 is 0. The minimum atomic E-state index is -4.47. The fraction of sp³-hybridized carbons (Fsp3) is 0.111. The van der Waals surface area contributed by atoms with E-state index in [1.54, 1.807) is 0 Å². The maximum atomic E-state index is 10.6. The Morgan fingerprint density at radius 3 is 2.33 bits per heavy atom. The van der Waals surface area contributed by atoms with Crippen LogP contribution in [0.1, 0.15) is 11.1 Å². The molecule has 18 heavy (non-hydrogen) atoms. The summed E-state index contributed by atoms with van der Waals surface area (Å²) in [5, 5.41) is 0.472. The van der Waals surface area contributed by atoms with Gasteiger partial charge >= 0.3 is 51.4 Å². The molecular formula is C9H9KO6S2. The zero-order valence-electron chi connectivity index (χ0n) is 9.48. The van der Waals surface area contributed by atoms with Gasteiger partial charge in [-0.1, -0.05) is 24.3 Å². The van der Waals surface area contributed by atoms with Crippen LogP contribution in [0.4, 0.5) is 0 Å². The van der Waals surface area contributed by atoms with Gasteiger partial charge in [0, 0.05) is 5.41 Å². The van der Waals surface area contributed by atoms with Crippen LogP contribution in [0, 0.1) is 0 Å². The van der Waals surface area contributed by atoms with E-state index in [2.05, 4.69) is 0 Å². The molecule has 0 saturated carbocycles. The van der Waals surface area contributed by atoms with Gasteiger partial charge in [-0.25, -0.2) is 8.42 Å². The summed E-state index contributed by atoms with van der Waals surface area (Å²) in [7, 11) is -8.61. The van der Waals surface area contributed by atoms with E-state index in [9.17, 15) is 21.4 Å². The third-order valence-corrected chi connectivity index (χ3v) is 2.89. The molecule has 0 aliphatic rings. The predicted octanol–water partition coefficient (Wildman–Crippen LogP) is -2.41. The molecule has 0 amide bonds. The van der Waals surface area contributed by atoms with Crippen molar-refractivity contribution in [3.63, 3.8) is 0 Å². The van der Waals surface area contributed by atoms with Crippen LogP contribution in [-0.4, -0.2) is 25.9 Å². The Morgan fingerprint density at radius 2 is 1.83 bits per heavy atom. The molecule has 1 rings (SSSR count). The second-order valence-electron chi connectivity index (χ2n) is 3.27. The molecule has 0 bridgehead atoms. The summed E-state index contributed by atoms with van der Waals surface area (Å²) in [4.78, 5) is 0. The summed E-state index contributed by atoms with van der Waals surface area (Å²) in [5.74, 6) is -0.571. The molecule has 0 aliphatic heterocycles. The fourth-order valence-corrected chi connectivity index (χ4v) is 2.08. The van der Waals surface area contributed by atoms with Crippen LogP contribution in [0.2, 0.25) is 0 Å². The van der Waals surface area contributed by atoms with Gasteiger partial charge in [0.1, 0.15) is 15.9 Å². The van der Waals surface area contributed by atoms with Crippen molar-refractivity contribution in [2.24, 2.45) is 0 Å². The third kappa shape index (κ3) is 8.51. The average molecular weight is 316 g/mol. The van der Waals surface area contributed by atoms with Crippen molar-refractivity contribution in [3.8, 4) is 0 Å². The Hall–Kier alpha value is 0.416. The average Bonchev–Trinajstić information content (AvgIpc) is 2.11. The SMILES string of the molecule is O=S(=O)([O-])C=Cc1cccc(CS(=O)(=O)O)c1.[K+]. The summed E-state index contributed by atoms with van der Waals surface area (Å²) in [6, 6.07) is 5.79. The zero-order chi connectivity index (χ0) is 13.1.